The zero-order chi connectivity index (χ0) is 21.2. The zero-order valence-corrected chi connectivity index (χ0v) is 17.2. The van der Waals surface area contributed by atoms with E-state index in [1.165, 1.54) is 5.56 Å². The summed E-state index contributed by atoms with van der Waals surface area (Å²) in [5.41, 5.74) is 3.00. The van der Waals surface area contributed by atoms with E-state index in [4.69, 9.17) is 9.47 Å². The first-order valence-corrected chi connectivity index (χ1v) is 9.81. The van der Waals surface area contributed by atoms with Gasteiger partial charge in [0.1, 0.15) is 5.75 Å². The molecule has 0 aliphatic carbocycles. The molecule has 0 saturated heterocycles. The largest absolute Gasteiger partial charge is 0.494 e. The molecule has 1 heterocycles. The summed E-state index contributed by atoms with van der Waals surface area (Å²) >= 11 is 0. The number of rotatable bonds is 10. The van der Waals surface area contributed by atoms with E-state index in [-0.39, 0.29) is 5.91 Å². The van der Waals surface area contributed by atoms with Gasteiger partial charge >= 0.3 is 0 Å². The van der Waals surface area contributed by atoms with Gasteiger partial charge in [-0.05, 0) is 43.2 Å². The van der Waals surface area contributed by atoms with E-state index in [0.29, 0.717) is 37.8 Å². The summed E-state index contributed by atoms with van der Waals surface area (Å²) in [5, 5.41) is 6.05. The van der Waals surface area contributed by atoms with E-state index < -0.39 is 0 Å². The van der Waals surface area contributed by atoms with Crippen LogP contribution in [0, 0.1) is 6.92 Å². The molecule has 0 fully saturated rings. The van der Waals surface area contributed by atoms with Gasteiger partial charge in [0, 0.05) is 30.9 Å². The summed E-state index contributed by atoms with van der Waals surface area (Å²) in [6, 6.07) is 17.2. The molecule has 2 aromatic carbocycles. The van der Waals surface area contributed by atoms with Crippen molar-refractivity contribution in [1.29, 1.82) is 0 Å². The van der Waals surface area contributed by atoms with Crippen LogP contribution in [0.2, 0.25) is 0 Å². The van der Waals surface area contributed by atoms with Crippen LogP contribution >= 0.6 is 0 Å². The minimum atomic E-state index is -0.0295. The molecule has 0 unspecified atom stereocenters. The number of methoxy groups -OCH3 is 1. The van der Waals surface area contributed by atoms with Gasteiger partial charge in [-0.3, -0.25) is 4.79 Å². The number of ether oxygens (including phenoxy) is 2. The van der Waals surface area contributed by atoms with Crippen LogP contribution in [0.1, 0.15) is 24.0 Å². The van der Waals surface area contributed by atoms with E-state index in [1.807, 2.05) is 55.5 Å². The zero-order valence-electron chi connectivity index (χ0n) is 17.2. The summed E-state index contributed by atoms with van der Waals surface area (Å²) in [7, 11) is 1.57. The summed E-state index contributed by atoms with van der Waals surface area (Å²) in [4.78, 5) is 20.5. The highest BCUT2D eigenvalue weighted by Gasteiger charge is 2.04. The minimum Gasteiger partial charge on any atom is -0.494 e. The van der Waals surface area contributed by atoms with E-state index in [9.17, 15) is 4.79 Å². The standard InChI is InChI=1S/C23H26N4O3/c1-17-5-11-20(12-6-17)30-15-3-4-21(28)26-19-9-7-18(8-10-19)16-25-23-24-14-13-22(27-23)29-2/h5-14H,3-4,15-16H2,1-2H3,(H,26,28)(H,24,25,27). The second-order valence-electron chi connectivity index (χ2n) is 6.79. The molecule has 30 heavy (non-hydrogen) atoms. The van der Waals surface area contributed by atoms with Crippen molar-refractivity contribution in [3.63, 3.8) is 0 Å². The van der Waals surface area contributed by atoms with Crippen LogP contribution in [0.25, 0.3) is 0 Å². The second-order valence-corrected chi connectivity index (χ2v) is 6.79. The molecule has 0 aliphatic rings. The van der Waals surface area contributed by atoms with Gasteiger partial charge in [-0.25, -0.2) is 4.98 Å². The number of carbonyl (C=O) groups excluding carboxylic acids is 1. The fourth-order valence-corrected chi connectivity index (χ4v) is 2.71. The lowest BCUT2D eigenvalue weighted by Gasteiger charge is -2.09. The van der Waals surface area contributed by atoms with Crippen LogP contribution in [0.5, 0.6) is 11.6 Å². The fourth-order valence-electron chi connectivity index (χ4n) is 2.71. The van der Waals surface area contributed by atoms with Crippen molar-refractivity contribution < 1.29 is 14.3 Å². The third kappa shape index (κ3) is 6.77. The van der Waals surface area contributed by atoms with Crippen LogP contribution in [0.4, 0.5) is 11.6 Å². The van der Waals surface area contributed by atoms with Crippen molar-refractivity contribution in [1.82, 2.24) is 9.97 Å². The number of hydrogen-bond acceptors (Lipinski definition) is 6. The first-order valence-electron chi connectivity index (χ1n) is 9.81. The minimum absolute atomic E-state index is 0.0295. The van der Waals surface area contributed by atoms with Crippen molar-refractivity contribution in [2.45, 2.75) is 26.3 Å². The Morgan fingerprint density at radius 2 is 1.80 bits per heavy atom. The number of aryl methyl sites for hydroxylation is 1. The van der Waals surface area contributed by atoms with Crippen LogP contribution in [0.15, 0.2) is 60.8 Å². The maximum absolute atomic E-state index is 12.1. The first kappa shape index (κ1) is 21.1. The van der Waals surface area contributed by atoms with E-state index in [1.54, 1.807) is 19.4 Å². The Kier molecular flexibility index (Phi) is 7.60. The summed E-state index contributed by atoms with van der Waals surface area (Å²) in [5.74, 6) is 1.80. The van der Waals surface area contributed by atoms with Crippen molar-refractivity contribution in [2.24, 2.45) is 0 Å². The van der Waals surface area contributed by atoms with Gasteiger partial charge in [-0.1, -0.05) is 29.8 Å². The molecule has 0 bridgehead atoms. The Bertz CT molecular complexity index is 943. The number of aromatic nitrogens is 2. The fraction of sp³-hybridized carbons (Fsp3) is 0.261. The Balaban J connectivity index is 1.37. The van der Waals surface area contributed by atoms with E-state index in [2.05, 4.69) is 20.6 Å². The summed E-state index contributed by atoms with van der Waals surface area (Å²) in [6.45, 7) is 3.11. The molecule has 2 N–H and O–H groups in total. The van der Waals surface area contributed by atoms with Crippen LogP contribution < -0.4 is 20.1 Å². The molecule has 7 nitrogen and oxygen atoms in total. The maximum atomic E-state index is 12.1. The second kappa shape index (κ2) is 10.8. The molecule has 0 atom stereocenters. The molecular weight excluding hydrogens is 380 g/mol. The predicted octanol–water partition coefficient (Wildman–Crippen LogP) is 4.20. The third-order valence-electron chi connectivity index (χ3n) is 4.37. The first-order chi connectivity index (χ1) is 14.6. The molecule has 0 saturated carbocycles. The maximum Gasteiger partial charge on any atom is 0.226 e. The van der Waals surface area contributed by atoms with Crippen molar-refractivity contribution in [3.05, 3.63) is 71.9 Å². The third-order valence-corrected chi connectivity index (χ3v) is 4.37. The Hall–Kier alpha value is -3.61. The average Bonchev–Trinajstić information content (AvgIpc) is 2.77. The Morgan fingerprint density at radius 1 is 1.03 bits per heavy atom. The smallest absolute Gasteiger partial charge is 0.226 e. The molecule has 1 amide bonds. The molecule has 0 radical (unpaired) electrons. The number of hydrogen-bond donors (Lipinski definition) is 2. The molecule has 0 spiro atoms. The summed E-state index contributed by atoms with van der Waals surface area (Å²) in [6.07, 6.45) is 2.70. The van der Waals surface area contributed by atoms with Crippen LogP contribution in [0.3, 0.4) is 0 Å². The quantitative estimate of drug-likeness (QED) is 0.491. The number of carbonyl (C=O) groups is 1. The van der Waals surface area contributed by atoms with Crippen molar-refractivity contribution in [2.75, 3.05) is 24.4 Å². The highest BCUT2D eigenvalue weighted by Crippen LogP contribution is 2.14. The molecule has 7 heteroatoms. The van der Waals surface area contributed by atoms with Gasteiger partial charge in [-0.2, -0.15) is 4.98 Å². The normalized spacial score (nSPS) is 10.3. The molecular formula is C23H26N4O3. The number of amides is 1. The lowest BCUT2D eigenvalue weighted by Crippen LogP contribution is -2.13. The Morgan fingerprint density at radius 3 is 2.53 bits per heavy atom. The van der Waals surface area contributed by atoms with Crippen LogP contribution in [-0.4, -0.2) is 29.6 Å². The topological polar surface area (TPSA) is 85.4 Å². The molecule has 156 valence electrons. The SMILES string of the molecule is COc1ccnc(NCc2ccc(NC(=O)CCCOc3ccc(C)cc3)cc2)n1. The van der Waals surface area contributed by atoms with Gasteiger partial charge < -0.3 is 20.1 Å². The van der Waals surface area contributed by atoms with E-state index >= 15 is 0 Å². The van der Waals surface area contributed by atoms with Crippen LogP contribution in [-0.2, 0) is 11.3 Å². The number of nitrogens with one attached hydrogen (secondary N) is 2. The lowest BCUT2D eigenvalue weighted by molar-refractivity contribution is -0.116. The highest BCUT2D eigenvalue weighted by atomic mass is 16.5. The molecule has 3 rings (SSSR count). The van der Waals surface area contributed by atoms with Gasteiger partial charge in [0.2, 0.25) is 17.7 Å². The van der Waals surface area contributed by atoms with Gasteiger partial charge in [0.25, 0.3) is 0 Å². The van der Waals surface area contributed by atoms with Crippen molar-refractivity contribution in [3.8, 4) is 11.6 Å². The monoisotopic (exact) mass is 406 g/mol. The highest BCUT2D eigenvalue weighted by molar-refractivity contribution is 5.90. The summed E-state index contributed by atoms with van der Waals surface area (Å²) < 4.78 is 10.7. The van der Waals surface area contributed by atoms with Crippen molar-refractivity contribution >= 4 is 17.5 Å². The number of benzene rings is 2. The predicted molar refractivity (Wildman–Crippen MR) is 117 cm³/mol. The van der Waals surface area contributed by atoms with Gasteiger partial charge in [-0.15, -0.1) is 0 Å². The number of anilines is 2. The number of nitrogens with zero attached hydrogens (tertiary/aromatic N) is 2. The van der Waals surface area contributed by atoms with Gasteiger partial charge in [0.05, 0.1) is 13.7 Å². The molecule has 1 aromatic heterocycles. The average molecular weight is 406 g/mol. The molecule has 0 aliphatic heterocycles. The lowest BCUT2D eigenvalue weighted by atomic mass is 10.2. The molecule has 3 aromatic rings. The Labute approximate surface area is 176 Å². The van der Waals surface area contributed by atoms with Gasteiger partial charge in [0.15, 0.2) is 0 Å². The van der Waals surface area contributed by atoms with E-state index in [0.717, 1.165) is 17.0 Å².